The molecule has 1 aromatic carbocycles. The minimum Gasteiger partial charge on any atom is -0.496 e. The van der Waals surface area contributed by atoms with Gasteiger partial charge in [0.2, 0.25) is 0 Å². The van der Waals surface area contributed by atoms with Crippen LogP contribution in [0.25, 0.3) is 0 Å². The van der Waals surface area contributed by atoms with Crippen molar-refractivity contribution in [2.75, 3.05) is 13.7 Å². The molecule has 1 aliphatic heterocycles. The van der Waals surface area contributed by atoms with Gasteiger partial charge < -0.3 is 19.3 Å². The van der Waals surface area contributed by atoms with Gasteiger partial charge in [0.05, 0.1) is 13.7 Å². The van der Waals surface area contributed by atoms with Gasteiger partial charge in [0.15, 0.2) is 6.10 Å². The SMILES string of the molecule is CCOC(=O)C(O)c1cc2c(cc1OC)CC(C)O2. The van der Waals surface area contributed by atoms with E-state index in [9.17, 15) is 9.90 Å². The summed E-state index contributed by atoms with van der Waals surface area (Å²) in [6, 6.07) is 3.45. The van der Waals surface area contributed by atoms with Crippen molar-refractivity contribution >= 4 is 5.97 Å². The highest BCUT2D eigenvalue weighted by Crippen LogP contribution is 2.37. The number of carbonyl (C=O) groups is 1. The lowest BCUT2D eigenvalue weighted by atomic mass is 10.0. The van der Waals surface area contributed by atoms with Crippen LogP contribution in [0.2, 0.25) is 0 Å². The number of aliphatic hydroxyl groups excluding tert-OH is 1. The average molecular weight is 266 g/mol. The Kier molecular flexibility index (Phi) is 3.95. The second-order valence-corrected chi connectivity index (χ2v) is 4.49. The van der Waals surface area contributed by atoms with Crippen molar-refractivity contribution in [1.82, 2.24) is 0 Å². The van der Waals surface area contributed by atoms with Crippen LogP contribution in [0.5, 0.6) is 11.5 Å². The highest BCUT2D eigenvalue weighted by molar-refractivity contribution is 5.77. The summed E-state index contributed by atoms with van der Waals surface area (Å²) in [7, 11) is 1.50. The molecule has 0 aromatic heterocycles. The molecule has 5 heteroatoms. The summed E-state index contributed by atoms with van der Waals surface area (Å²) < 4.78 is 15.7. The maximum Gasteiger partial charge on any atom is 0.339 e. The molecule has 2 unspecified atom stereocenters. The molecule has 2 rings (SSSR count). The maximum atomic E-state index is 11.6. The summed E-state index contributed by atoms with van der Waals surface area (Å²) in [6.45, 7) is 3.87. The molecule has 0 aliphatic carbocycles. The molecule has 1 aromatic rings. The molecule has 0 radical (unpaired) electrons. The Balaban J connectivity index is 2.35. The molecule has 1 heterocycles. The predicted molar refractivity (Wildman–Crippen MR) is 68.4 cm³/mol. The molecule has 0 saturated carbocycles. The van der Waals surface area contributed by atoms with Crippen molar-refractivity contribution in [2.24, 2.45) is 0 Å². The molecule has 104 valence electrons. The molecule has 0 spiro atoms. The van der Waals surface area contributed by atoms with Crippen molar-refractivity contribution in [3.63, 3.8) is 0 Å². The van der Waals surface area contributed by atoms with E-state index >= 15 is 0 Å². The second kappa shape index (κ2) is 5.48. The van der Waals surface area contributed by atoms with E-state index in [1.54, 1.807) is 19.1 Å². The summed E-state index contributed by atoms with van der Waals surface area (Å²) in [5.74, 6) is 0.468. The third kappa shape index (κ3) is 2.66. The number of benzene rings is 1. The van der Waals surface area contributed by atoms with Crippen molar-refractivity contribution in [2.45, 2.75) is 32.5 Å². The summed E-state index contributed by atoms with van der Waals surface area (Å²) in [6.07, 6.45) is -0.476. The fourth-order valence-electron chi connectivity index (χ4n) is 2.19. The standard InChI is InChI=1S/C14H18O5/c1-4-18-14(16)13(15)10-7-11-9(5-8(2)19-11)6-12(10)17-3/h6-8,13,15H,4-5H2,1-3H3. The molecular formula is C14H18O5. The van der Waals surface area contributed by atoms with E-state index < -0.39 is 12.1 Å². The summed E-state index contributed by atoms with van der Waals surface area (Å²) in [5, 5.41) is 10.0. The first-order chi connectivity index (χ1) is 9.06. The number of esters is 1. The molecule has 1 aliphatic rings. The zero-order chi connectivity index (χ0) is 14.0. The predicted octanol–water partition coefficient (Wildman–Crippen LogP) is 1.62. The normalized spacial score (nSPS) is 18.4. The topological polar surface area (TPSA) is 65.0 Å². The molecule has 0 amide bonds. The molecule has 5 nitrogen and oxygen atoms in total. The summed E-state index contributed by atoms with van der Waals surface area (Å²) in [4.78, 5) is 11.6. The Labute approximate surface area is 112 Å². The van der Waals surface area contributed by atoms with Crippen molar-refractivity contribution < 1.29 is 24.1 Å². The monoisotopic (exact) mass is 266 g/mol. The number of rotatable bonds is 4. The van der Waals surface area contributed by atoms with Crippen LogP contribution in [0.3, 0.4) is 0 Å². The Hall–Kier alpha value is -1.75. The van der Waals surface area contributed by atoms with E-state index in [0.717, 1.165) is 12.0 Å². The molecule has 1 N–H and O–H groups in total. The first kappa shape index (κ1) is 13.7. The van der Waals surface area contributed by atoms with Crippen molar-refractivity contribution in [1.29, 1.82) is 0 Å². The lowest BCUT2D eigenvalue weighted by Crippen LogP contribution is -2.16. The van der Waals surface area contributed by atoms with Crippen LogP contribution in [-0.2, 0) is 16.0 Å². The number of aliphatic hydroxyl groups is 1. The minimum atomic E-state index is -1.36. The van der Waals surface area contributed by atoms with E-state index in [-0.39, 0.29) is 12.7 Å². The Bertz CT molecular complexity index is 483. The molecule has 19 heavy (non-hydrogen) atoms. The quantitative estimate of drug-likeness (QED) is 0.839. The van der Waals surface area contributed by atoms with Crippen molar-refractivity contribution in [3.05, 3.63) is 23.3 Å². The first-order valence-electron chi connectivity index (χ1n) is 6.29. The highest BCUT2D eigenvalue weighted by atomic mass is 16.5. The third-order valence-corrected chi connectivity index (χ3v) is 3.05. The van der Waals surface area contributed by atoms with Crippen LogP contribution in [0.1, 0.15) is 31.1 Å². The van der Waals surface area contributed by atoms with Gasteiger partial charge in [-0.15, -0.1) is 0 Å². The number of fused-ring (bicyclic) bond motifs is 1. The summed E-state index contributed by atoms with van der Waals surface area (Å²) in [5.41, 5.74) is 1.39. The first-order valence-corrected chi connectivity index (χ1v) is 6.29. The van der Waals surface area contributed by atoms with Gasteiger partial charge in [-0.25, -0.2) is 4.79 Å². The van der Waals surface area contributed by atoms with Crippen LogP contribution in [0.4, 0.5) is 0 Å². The smallest absolute Gasteiger partial charge is 0.339 e. The number of ether oxygens (including phenoxy) is 3. The number of carbonyl (C=O) groups excluding carboxylic acids is 1. The Morgan fingerprint density at radius 2 is 2.32 bits per heavy atom. The van der Waals surface area contributed by atoms with Gasteiger partial charge in [0.1, 0.15) is 17.6 Å². The Morgan fingerprint density at radius 1 is 1.58 bits per heavy atom. The molecule has 0 saturated heterocycles. The van der Waals surface area contributed by atoms with E-state index in [0.29, 0.717) is 17.1 Å². The second-order valence-electron chi connectivity index (χ2n) is 4.49. The van der Waals surface area contributed by atoms with Gasteiger partial charge >= 0.3 is 5.97 Å². The molecular weight excluding hydrogens is 248 g/mol. The van der Waals surface area contributed by atoms with Crippen LogP contribution in [0, 0.1) is 0 Å². The van der Waals surface area contributed by atoms with Gasteiger partial charge in [0, 0.05) is 17.5 Å². The molecule has 0 fully saturated rings. The molecule has 2 atom stereocenters. The van der Waals surface area contributed by atoms with E-state index in [4.69, 9.17) is 14.2 Å². The fraction of sp³-hybridized carbons (Fsp3) is 0.500. The van der Waals surface area contributed by atoms with Gasteiger partial charge in [-0.3, -0.25) is 0 Å². The zero-order valence-electron chi connectivity index (χ0n) is 11.3. The van der Waals surface area contributed by atoms with Crippen LogP contribution in [-0.4, -0.2) is 30.9 Å². The zero-order valence-corrected chi connectivity index (χ0v) is 11.3. The number of methoxy groups -OCH3 is 1. The maximum absolute atomic E-state index is 11.6. The fourth-order valence-corrected chi connectivity index (χ4v) is 2.19. The molecule has 0 bridgehead atoms. The highest BCUT2D eigenvalue weighted by Gasteiger charge is 2.27. The van der Waals surface area contributed by atoms with Gasteiger partial charge in [0.25, 0.3) is 0 Å². The summed E-state index contributed by atoms with van der Waals surface area (Å²) >= 11 is 0. The van der Waals surface area contributed by atoms with E-state index in [2.05, 4.69) is 0 Å². The third-order valence-electron chi connectivity index (χ3n) is 3.05. The van der Waals surface area contributed by atoms with E-state index in [1.807, 2.05) is 6.92 Å². The minimum absolute atomic E-state index is 0.0923. The van der Waals surface area contributed by atoms with Gasteiger partial charge in [-0.05, 0) is 26.0 Å². The number of hydrogen-bond acceptors (Lipinski definition) is 5. The van der Waals surface area contributed by atoms with Crippen molar-refractivity contribution in [3.8, 4) is 11.5 Å². The lowest BCUT2D eigenvalue weighted by Gasteiger charge is -2.15. The van der Waals surface area contributed by atoms with Crippen LogP contribution in [0.15, 0.2) is 12.1 Å². The van der Waals surface area contributed by atoms with Crippen LogP contribution >= 0.6 is 0 Å². The average Bonchev–Trinajstić information content (AvgIpc) is 2.75. The van der Waals surface area contributed by atoms with E-state index in [1.165, 1.54) is 7.11 Å². The van der Waals surface area contributed by atoms with Gasteiger partial charge in [-0.2, -0.15) is 0 Å². The van der Waals surface area contributed by atoms with Crippen LogP contribution < -0.4 is 9.47 Å². The van der Waals surface area contributed by atoms with Gasteiger partial charge in [-0.1, -0.05) is 0 Å². The Morgan fingerprint density at radius 3 is 2.95 bits per heavy atom. The number of hydrogen-bond donors (Lipinski definition) is 1. The lowest BCUT2D eigenvalue weighted by molar-refractivity contribution is -0.153. The largest absolute Gasteiger partial charge is 0.496 e.